The molecule has 1 atom stereocenters. The molecule has 1 saturated carbocycles. The molecule has 1 aromatic heterocycles. The van der Waals surface area contributed by atoms with Gasteiger partial charge in [-0.3, -0.25) is 0 Å². The highest BCUT2D eigenvalue weighted by Crippen LogP contribution is 2.48. The summed E-state index contributed by atoms with van der Waals surface area (Å²) in [5, 5.41) is 2.16. The predicted octanol–water partition coefficient (Wildman–Crippen LogP) is 4.37. The van der Waals surface area contributed by atoms with Crippen LogP contribution in [0, 0.1) is 5.92 Å². The Hall–Kier alpha value is -0.820. The zero-order valence-corrected chi connectivity index (χ0v) is 9.22. The minimum absolute atomic E-state index is 0.605. The summed E-state index contributed by atoms with van der Waals surface area (Å²) in [6.07, 6.45) is 5.67. The highest BCUT2D eigenvalue weighted by molar-refractivity contribution is 7.10. The molecule has 1 aliphatic rings. The largest absolute Gasteiger partial charge is 0.148 e. The van der Waals surface area contributed by atoms with Gasteiger partial charge in [-0.25, -0.2) is 0 Å². The van der Waals surface area contributed by atoms with Gasteiger partial charge in [-0.2, -0.15) is 0 Å². The van der Waals surface area contributed by atoms with Crippen molar-refractivity contribution in [2.24, 2.45) is 5.92 Å². The maximum absolute atomic E-state index is 4.20. The Morgan fingerprint density at radius 3 is 2.93 bits per heavy atom. The molecule has 74 valence electrons. The third-order valence-corrected chi connectivity index (χ3v) is 3.74. The smallest absolute Gasteiger partial charge is 0.0171 e. The number of allylic oxidation sites excluding steroid dienone is 2. The molecule has 0 spiro atoms. The first-order valence-electron chi connectivity index (χ1n) is 5.15. The van der Waals surface area contributed by atoms with Gasteiger partial charge in [0.05, 0.1) is 0 Å². The second-order valence-electron chi connectivity index (χ2n) is 3.98. The first-order chi connectivity index (χ1) is 6.83. The molecule has 1 heterocycles. The van der Waals surface area contributed by atoms with Gasteiger partial charge in [-0.15, -0.1) is 17.9 Å². The Kier molecular flexibility index (Phi) is 2.87. The summed E-state index contributed by atoms with van der Waals surface area (Å²) < 4.78 is 0. The normalized spacial score (nSPS) is 17.7. The zero-order chi connectivity index (χ0) is 9.97. The molecule has 1 aliphatic carbocycles. The quantitative estimate of drug-likeness (QED) is 0.625. The lowest BCUT2D eigenvalue weighted by Crippen LogP contribution is -2.01. The van der Waals surface area contributed by atoms with E-state index in [9.17, 15) is 0 Å². The van der Waals surface area contributed by atoms with E-state index in [0.29, 0.717) is 5.92 Å². The highest BCUT2D eigenvalue weighted by Gasteiger charge is 2.33. The monoisotopic (exact) mass is 204 g/mol. The van der Waals surface area contributed by atoms with Crippen LogP contribution in [-0.4, -0.2) is 0 Å². The van der Waals surface area contributed by atoms with Crippen molar-refractivity contribution >= 4 is 11.3 Å². The van der Waals surface area contributed by atoms with Crippen molar-refractivity contribution in [3.8, 4) is 0 Å². The molecule has 1 fully saturated rings. The van der Waals surface area contributed by atoms with Crippen molar-refractivity contribution in [2.75, 3.05) is 0 Å². The van der Waals surface area contributed by atoms with E-state index in [1.165, 1.54) is 23.3 Å². The number of hydrogen-bond donors (Lipinski definition) is 0. The molecule has 0 amide bonds. The lowest BCUT2D eigenvalue weighted by atomic mass is 9.91. The molecule has 0 nitrogen and oxygen atoms in total. The van der Waals surface area contributed by atoms with E-state index < -0.39 is 0 Å². The molecular weight excluding hydrogens is 188 g/mol. The predicted molar refractivity (Wildman–Crippen MR) is 63.7 cm³/mol. The SMILES string of the molecule is C=CCC(=C)C(c1cccs1)C1CC1. The van der Waals surface area contributed by atoms with Crippen molar-refractivity contribution in [3.63, 3.8) is 0 Å². The summed E-state index contributed by atoms with van der Waals surface area (Å²) in [5.74, 6) is 1.47. The molecule has 0 bridgehead atoms. The van der Waals surface area contributed by atoms with Crippen molar-refractivity contribution in [1.82, 2.24) is 0 Å². The van der Waals surface area contributed by atoms with Crippen LogP contribution in [0.4, 0.5) is 0 Å². The summed E-state index contributed by atoms with van der Waals surface area (Å²) in [6, 6.07) is 4.37. The lowest BCUT2D eigenvalue weighted by molar-refractivity contribution is 0.691. The maximum atomic E-state index is 4.20. The van der Waals surface area contributed by atoms with E-state index in [1.54, 1.807) is 0 Å². The van der Waals surface area contributed by atoms with Gasteiger partial charge in [0.1, 0.15) is 0 Å². The summed E-state index contributed by atoms with van der Waals surface area (Å²) in [7, 11) is 0. The summed E-state index contributed by atoms with van der Waals surface area (Å²) in [6.45, 7) is 7.98. The van der Waals surface area contributed by atoms with Gasteiger partial charge in [0, 0.05) is 10.8 Å². The van der Waals surface area contributed by atoms with Crippen molar-refractivity contribution in [1.29, 1.82) is 0 Å². The van der Waals surface area contributed by atoms with Gasteiger partial charge in [0.15, 0.2) is 0 Å². The number of hydrogen-bond acceptors (Lipinski definition) is 1. The molecule has 14 heavy (non-hydrogen) atoms. The van der Waals surface area contributed by atoms with Crippen LogP contribution in [-0.2, 0) is 0 Å². The first-order valence-corrected chi connectivity index (χ1v) is 6.03. The van der Waals surface area contributed by atoms with E-state index in [-0.39, 0.29) is 0 Å². The van der Waals surface area contributed by atoms with Crippen LogP contribution in [0.25, 0.3) is 0 Å². The number of thiophene rings is 1. The van der Waals surface area contributed by atoms with Crippen LogP contribution in [0.15, 0.2) is 42.3 Å². The standard InChI is InChI=1S/C13H16S/c1-3-5-10(2)13(11-7-8-11)12-6-4-9-14-12/h3-4,6,9,11,13H,1-2,5,7-8H2. The molecular formula is C13H16S. The van der Waals surface area contributed by atoms with E-state index >= 15 is 0 Å². The molecule has 0 radical (unpaired) electrons. The average Bonchev–Trinajstić information content (AvgIpc) is 2.82. The van der Waals surface area contributed by atoms with Crippen molar-refractivity contribution in [2.45, 2.75) is 25.2 Å². The highest BCUT2D eigenvalue weighted by atomic mass is 32.1. The van der Waals surface area contributed by atoms with Gasteiger partial charge in [0.2, 0.25) is 0 Å². The molecule has 0 saturated heterocycles. The van der Waals surface area contributed by atoms with Gasteiger partial charge in [-0.1, -0.05) is 24.3 Å². The van der Waals surface area contributed by atoms with Gasteiger partial charge >= 0.3 is 0 Å². The van der Waals surface area contributed by atoms with Crippen LogP contribution < -0.4 is 0 Å². The summed E-state index contributed by atoms with van der Waals surface area (Å²) in [4.78, 5) is 1.49. The third kappa shape index (κ3) is 1.98. The Bertz CT molecular complexity index is 317. The molecule has 0 N–H and O–H groups in total. The van der Waals surface area contributed by atoms with Gasteiger partial charge in [0.25, 0.3) is 0 Å². The molecule has 1 heteroatoms. The van der Waals surface area contributed by atoms with Crippen LogP contribution in [0.3, 0.4) is 0 Å². The Labute approximate surface area is 90.0 Å². The fraction of sp³-hybridized carbons (Fsp3) is 0.385. The fourth-order valence-corrected chi connectivity index (χ4v) is 2.95. The second kappa shape index (κ2) is 4.14. The van der Waals surface area contributed by atoms with E-state index in [1.807, 2.05) is 17.4 Å². The van der Waals surface area contributed by atoms with E-state index in [0.717, 1.165) is 12.3 Å². The van der Waals surface area contributed by atoms with Crippen molar-refractivity contribution < 1.29 is 0 Å². The Balaban J connectivity index is 2.15. The topological polar surface area (TPSA) is 0 Å². The maximum Gasteiger partial charge on any atom is 0.0171 e. The molecule has 1 aromatic rings. The van der Waals surface area contributed by atoms with Crippen LogP contribution >= 0.6 is 11.3 Å². The van der Waals surface area contributed by atoms with Crippen LogP contribution in [0.5, 0.6) is 0 Å². The summed E-state index contributed by atoms with van der Waals surface area (Å²) >= 11 is 1.86. The molecule has 0 aromatic carbocycles. The van der Waals surface area contributed by atoms with E-state index in [2.05, 4.69) is 30.7 Å². The average molecular weight is 204 g/mol. The second-order valence-corrected chi connectivity index (χ2v) is 4.96. The van der Waals surface area contributed by atoms with Gasteiger partial charge < -0.3 is 0 Å². The van der Waals surface area contributed by atoms with Crippen molar-refractivity contribution in [3.05, 3.63) is 47.2 Å². The third-order valence-electron chi connectivity index (χ3n) is 2.79. The van der Waals surface area contributed by atoms with Crippen LogP contribution in [0.2, 0.25) is 0 Å². The fourth-order valence-electron chi connectivity index (χ4n) is 1.98. The molecule has 0 aliphatic heterocycles. The Morgan fingerprint density at radius 1 is 1.64 bits per heavy atom. The zero-order valence-electron chi connectivity index (χ0n) is 8.41. The molecule has 1 unspecified atom stereocenters. The number of rotatable bonds is 5. The Morgan fingerprint density at radius 2 is 2.43 bits per heavy atom. The minimum atomic E-state index is 0.605. The lowest BCUT2D eigenvalue weighted by Gasteiger charge is -2.16. The van der Waals surface area contributed by atoms with E-state index in [4.69, 9.17) is 0 Å². The minimum Gasteiger partial charge on any atom is -0.148 e. The van der Waals surface area contributed by atoms with Gasteiger partial charge in [-0.05, 0) is 36.6 Å². The summed E-state index contributed by atoms with van der Waals surface area (Å²) in [5.41, 5.74) is 1.34. The van der Waals surface area contributed by atoms with Crippen LogP contribution in [0.1, 0.15) is 30.1 Å². The molecule has 2 rings (SSSR count). The first kappa shape index (κ1) is 9.72.